The van der Waals surface area contributed by atoms with Crippen molar-refractivity contribution in [2.45, 2.75) is 57.5 Å². The smallest absolute Gasteiger partial charge is 0.224 e. The van der Waals surface area contributed by atoms with Crippen LogP contribution in [0.1, 0.15) is 44.9 Å². The summed E-state index contributed by atoms with van der Waals surface area (Å²) in [5, 5.41) is 10.9. The number of hydrogen-bond donors (Lipinski definition) is 0. The van der Waals surface area contributed by atoms with E-state index in [-0.39, 0.29) is 11.3 Å². The van der Waals surface area contributed by atoms with Crippen LogP contribution in [0.15, 0.2) is 6.33 Å². The molecule has 1 aliphatic carbocycles. The maximum atomic E-state index is 12.4. The molecule has 0 N–H and O–H groups in total. The van der Waals surface area contributed by atoms with Crippen LogP contribution in [-0.4, -0.2) is 67.5 Å². The molecule has 3 fully saturated rings. The van der Waals surface area contributed by atoms with Crippen molar-refractivity contribution in [3.8, 4) is 0 Å². The van der Waals surface area contributed by atoms with Gasteiger partial charge >= 0.3 is 0 Å². The summed E-state index contributed by atoms with van der Waals surface area (Å²) < 4.78 is 1.59. The molecular formula is C16H24N6O2. The first-order valence-electron chi connectivity index (χ1n) is 8.93. The van der Waals surface area contributed by atoms with Gasteiger partial charge in [-0.3, -0.25) is 9.59 Å². The highest BCUT2D eigenvalue weighted by Crippen LogP contribution is 2.43. The number of piperidine rings is 2. The molecule has 0 bridgehead atoms. The first-order chi connectivity index (χ1) is 11.7. The summed E-state index contributed by atoms with van der Waals surface area (Å²) in [5.41, 5.74) is 0.239. The van der Waals surface area contributed by atoms with Gasteiger partial charge in [0.15, 0.2) is 0 Å². The third-order valence-corrected chi connectivity index (χ3v) is 5.81. The second-order valence-electron chi connectivity index (χ2n) is 7.46. The van der Waals surface area contributed by atoms with Crippen molar-refractivity contribution in [1.82, 2.24) is 30.0 Å². The van der Waals surface area contributed by atoms with Crippen molar-refractivity contribution >= 4 is 11.8 Å². The largest absolute Gasteiger partial charge is 0.343 e. The summed E-state index contributed by atoms with van der Waals surface area (Å²) in [4.78, 5) is 28.6. The van der Waals surface area contributed by atoms with Crippen LogP contribution in [0.3, 0.4) is 0 Å². The summed E-state index contributed by atoms with van der Waals surface area (Å²) in [5.74, 6) is 0.509. The molecule has 2 saturated heterocycles. The van der Waals surface area contributed by atoms with Crippen molar-refractivity contribution < 1.29 is 9.59 Å². The molecule has 0 radical (unpaired) electrons. The van der Waals surface area contributed by atoms with E-state index in [0.717, 1.165) is 38.9 Å². The molecule has 8 heteroatoms. The van der Waals surface area contributed by atoms with Crippen molar-refractivity contribution in [3.05, 3.63) is 6.33 Å². The Balaban J connectivity index is 1.29. The fourth-order valence-corrected chi connectivity index (χ4v) is 4.05. The Kier molecular flexibility index (Phi) is 3.97. The minimum Gasteiger partial charge on any atom is -0.343 e. The van der Waals surface area contributed by atoms with Gasteiger partial charge in [0.05, 0.1) is 6.54 Å². The topological polar surface area (TPSA) is 84.2 Å². The number of aromatic nitrogens is 4. The standard InChI is InChI=1S/C16H24N6O2/c23-14(4-8-21-12-17-18-19-21)20-9-6-16(7-10-20)5-3-15(24)22(11-16)13-1-2-13/h12-13H,1-11H2. The van der Waals surface area contributed by atoms with E-state index in [1.165, 1.54) is 19.2 Å². The van der Waals surface area contributed by atoms with Crippen LogP contribution in [0, 0.1) is 5.41 Å². The van der Waals surface area contributed by atoms with Crippen molar-refractivity contribution in [3.63, 3.8) is 0 Å². The van der Waals surface area contributed by atoms with Crippen LogP contribution in [0.25, 0.3) is 0 Å². The molecule has 3 aliphatic rings. The minimum atomic E-state index is 0.172. The van der Waals surface area contributed by atoms with Gasteiger partial charge in [0.2, 0.25) is 11.8 Å². The monoisotopic (exact) mass is 332 g/mol. The molecule has 4 rings (SSSR count). The SMILES string of the molecule is O=C(CCn1cnnn1)N1CCC2(CCC(=O)N(C3CC3)C2)CC1. The van der Waals surface area contributed by atoms with Crippen LogP contribution >= 0.6 is 0 Å². The fourth-order valence-electron chi connectivity index (χ4n) is 4.05. The van der Waals surface area contributed by atoms with Gasteiger partial charge in [-0.2, -0.15) is 0 Å². The molecule has 130 valence electrons. The number of carbonyl (C=O) groups is 2. The average molecular weight is 332 g/mol. The number of rotatable bonds is 4. The van der Waals surface area contributed by atoms with E-state index in [0.29, 0.717) is 31.3 Å². The van der Waals surface area contributed by atoms with Gasteiger partial charge in [0.25, 0.3) is 0 Å². The van der Waals surface area contributed by atoms with Crippen molar-refractivity contribution in [2.75, 3.05) is 19.6 Å². The summed E-state index contributed by atoms with van der Waals surface area (Å²) in [6.07, 6.45) is 8.01. The molecule has 1 saturated carbocycles. The first kappa shape index (κ1) is 15.5. The average Bonchev–Trinajstić information content (AvgIpc) is 3.31. The van der Waals surface area contributed by atoms with E-state index >= 15 is 0 Å². The van der Waals surface area contributed by atoms with E-state index < -0.39 is 0 Å². The van der Waals surface area contributed by atoms with Gasteiger partial charge < -0.3 is 9.80 Å². The molecule has 2 aliphatic heterocycles. The van der Waals surface area contributed by atoms with Gasteiger partial charge in [-0.05, 0) is 47.9 Å². The van der Waals surface area contributed by atoms with Gasteiger partial charge in [-0.1, -0.05) is 0 Å². The van der Waals surface area contributed by atoms with E-state index in [1.54, 1.807) is 4.68 Å². The molecule has 0 aromatic carbocycles. The molecule has 0 unspecified atom stereocenters. The summed E-state index contributed by atoms with van der Waals surface area (Å²) in [7, 11) is 0. The lowest BCUT2D eigenvalue weighted by molar-refractivity contribution is -0.143. The third kappa shape index (κ3) is 3.14. The summed E-state index contributed by atoms with van der Waals surface area (Å²) >= 11 is 0. The summed E-state index contributed by atoms with van der Waals surface area (Å²) in [6.45, 7) is 3.04. The molecular weight excluding hydrogens is 308 g/mol. The summed E-state index contributed by atoms with van der Waals surface area (Å²) in [6, 6.07) is 0.505. The van der Waals surface area contributed by atoms with E-state index in [9.17, 15) is 9.59 Å². The van der Waals surface area contributed by atoms with E-state index in [4.69, 9.17) is 0 Å². The number of hydrogen-bond acceptors (Lipinski definition) is 5. The van der Waals surface area contributed by atoms with Gasteiger partial charge in [0.1, 0.15) is 6.33 Å². The Morgan fingerprint density at radius 2 is 2.04 bits per heavy atom. The Bertz CT molecular complexity index is 604. The molecule has 3 heterocycles. The first-order valence-corrected chi connectivity index (χ1v) is 8.93. The molecule has 24 heavy (non-hydrogen) atoms. The zero-order valence-electron chi connectivity index (χ0n) is 13.9. The highest BCUT2D eigenvalue weighted by Gasteiger charge is 2.45. The zero-order chi connectivity index (χ0) is 16.6. The van der Waals surface area contributed by atoms with Crippen LogP contribution in [0.4, 0.5) is 0 Å². The number of tetrazole rings is 1. The van der Waals surface area contributed by atoms with Crippen LogP contribution in [0.5, 0.6) is 0 Å². The lowest BCUT2D eigenvalue weighted by Crippen LogP contribution is -2.53. The minimum absolute atomic E-state index is 0.172. The maximum Gasteiger partial charge on any atom is 0.224 e. The van der Waals surface area contributed by atoms with Crippen LogP contribution in [-0.2, 0) is 16.1 Å². The second-order valence-corrected chi connectivity index (χ2v) is 7.46. The third-order valence-electron chi connectivity index (χ3n) is 5.81. The Labute approximate surface area is 141 Å². The number of amides is 2. The van der Waals surface area contributed by atoms with Gasteiger partial charge in [-0.15, -0.1) is 5.10 Å². The molecule has 8 nitrogen and oxygen atoms in total. The van der Waals surface area contributed by atoms with Gasteiger partial charge in [-0.25, -0.2) is 4.68 Å². The van der Waals surface area contributed by atoms with Crippen molar-refractivity contribution in [1.29, 1.82) is 0 Å². The van der Waals surface area contributed by atoms with E-state index in [1.807, 2.05) is 4.90 Å². The molecule has 1 spiro atoms. The number of likely N-dealkylation sites (tertiary alicyclic amines) is 2. The zero-order valence-corrected chi connectivity index (χ0v) is 13.9. The predicted octanol–water partition coefficient (Wildman–Crippen LogP) is 0.457. The Morgan fingerprint density at radius 3 is 2.71 bits per heavy atom. The predicted molar refractivity (Wildman–Crippen MR) is 84.7 cm³/mol. The second kappa shape index (κ2) is 6.14. The molecule has 1 aromatic heterocycles. The highest BCUT2D eigenvalue weighted by atomic mass is 16.2. The van der Waals surface area contributed by atoms with E-state index in [2.05, 4.69) is 20.4 Å². The normalized spacial score (nSPS) is 23.8. The quantitative estimate of drug-likeness (QED) is 0.799. The lowest BCUT2D eigenvalue weighted by Gasteiger charge is -2.47. The lowest BCUT2D eigenvalue weighted by atomic mass is 9.72. The maximum absolute atomic E-state index is 12.4. The number of carbonyl (C=O) groups excluding carboxylic acids is 2. The van der Waals surface area contributed by atoms with Crippen molar-refractivity contribution in [2.24, 2.45) is 5.41 Å². The Hall–Kier alpha value is -1.99. The number of nitrogens with zero attached hydrogens (tertiary/aromatic N) is 6. The molecule has 2 amide bonds. The Morgan fingerprint density at radius 1 is 1.25 bits per heavy atom. The van der Waals surface area contributed by atoms with Crippen LogP contribution in [0.2, 0.25) is 0 Å². The van der Waals surface area contributed by atoms with Gasteiger partial charge in [0, 0.05) is 38.5 Å². The highest BCUT2D eigenvalue weighted by molar-refractivity contribution is 5.78. The van der Waals surface area contributed by atoms with Crippen LogP contribution < -0.4 is 0 Å². The molecule has 1 aromatic rings. The molecule has 0 atom stereocenters. The fraction of sp³-hybridized carbons (Fsp3) is 0.812. The number of aryl methyl sites for hydroxylation is 1.